The second-order valence-corrected chi connectivity index (χ2v) is 5.93. The van der Waals surface area contributed by atoms with E-state index in [1.54, 1.807) is 6.33 Å². The molecule has 23 heavy (non-hydrogen) atoms. The monoisotopic (exact) mass is 334 g/mol. The summed E-state index contributed by atoms with van der Waals surface area (Å²) in [6.45, 7) is 3.62. The first-order valence-corrected chi connectivity index (χ1v) is 8.40. The number of rotatable bonds is 6. The van der Waals surface area contributed by atoms with Crippen LogP contribution < -0.4 is 14.8 Å². The van der Waals surface area contributed by atoms with Crippen LogP contribution in [0.4, 0.5) is 0 Å². The Morgan fingerprint density at radius 2 is 2.26 bits per heavy atom. The van der Waals surface area contributed by atoms with Crippen molar-refractivity contribution in [1.29, 1.82) is 0 Å². The number of thioether (sulfide) groups is 1. The molecule has 1 aliphatic heterocycles. The third kappa shape index (κ3) is 3.95. The molecule has 0 aliphatic carbocycles. The summed E-state index contributed by atoms with van der Waals surface area (Å²) in [5.41, 5.74) is 0. The SMILES string of the molecule is CCn1cnnc1SCC(=O)NC[C@H]1COc2ccccc2O1. The number of carbonyl (C=O) groups excluding carboxylic acids is 1. The van der Waals surface area contributed by atoms with Crippen molar-refractivity contribution in [3.8, 4) is 11.5 Å². The number of amides is 1. The molecule has 0 fully saturated rings. The zero-order valence-corrected chi connectivity index (χ0v) is 13.6. The minimum Gasteiger partial charge on any atom is -0.486 e. The lowest BCUT2D eigenvalue weighted by Crippen LogP contribution is -2.41. The van der Waals surface area contributed by atoms with Gasteiger partial charge in [-0.3, -0.25) is 4.79 Å². The average Bonchev–Trinajstić information content (AvgIpc) is 3.05. The Kier molecular flexibility index (Phi) is 5.02. The molecule has 0 spiro atoms. The molecule has 1 amide bonds. The van der Waals surface area contributed by atoms with Crippen LogP contribution in [0.25, 0.3) is 0 Å². The fraction of sp³-hybridized carbons (Fsp3) is 0.400. The molecule has 1 aliphatic rings. The second-order valence-electron chi connectivity index (χ2n) is 4.99. The van der Waals surface area contributed by atoms with E-state index in [9.17, 15) is 4.79 Å². The molecule has 1 aromatic carbocycles. The van der Waals surface area contributed by atoms with Gasteiger partial charge in [0.1, 0.15) is 19.0 Å². The first-order chi connectivity index (χ1) is 11.3. The van der Waals surface area contributed by atoms with Gasteiger partial charge in [-0.1, -0.05) is 23.9 Å². The Morgan fingerprint density at radius 3 is 3.09 bits per heavy atom. The molecule has 122 valence electrons. The predicted octanol–water partition coefficient (Wildman–Crippen LogP) is 1.35. The highest BCUT2D eigenvalue weighted by Crippen LogP contribution is 2.30. The standard InChI is InChI=1S/C15H18N4O3S/c1-2-19-10-17-18-15(19)23-9-14(20)16-7-11-8-21-12-5-3-4-6-13(12)22-11/h3-6,10-11H,2,7-9H2,1H3,(H,16,20)/t11-/m0/s1. The number of hydrogen-bond acceptors (Lipinski definition) is 6. The van der Waals surface area contributed by atoms with Crippen LogP contribution in [-0.4, -0.2) is 45.7 Å². The van der Waals surface area contributed by atoms with Gasteiger partial charge in [-0.25, -0.2) is 0 Å². The summed E-state index contributed by atoms with van der Waals surface area (Å²) < 4.78 is 13.3. The van der Waals surface area contributed by atoms with Gasteiger partial charge in [0, 0.05) is 6.54 Å². The van der Waals surface area contributed by atoms with Crippen LogP contribution in [0.3, 0.4) is 0 Å². The molecular weight excluding hydrogens is 316 g/mol. The highest BCUT2D eigenvalue weighted by molar-refractivity contribution is 7.99. The fourth-order valence-electron chi connectivity index (χ4n) is 2.15. The van der Waals surface area contributed by atoms with Gasteiger partial charge < -0.3 is 19.4 Å². The molecule has 3 rings (SSSR count). The van der Waals surface area contributed by atoms with E-state index in [2.05, 4.69) is 15.5 Å². The topological polar surface area (TPSA) is 78.3 Å². The molecule has 1 atom stereocenters. The molecule has 0 saturated heterocycles. The lowest BCUT2D eigenvalue weighted by molar-refractivity contribution is -0.119. The molecule has 1 aromatic heterocycles. The van der Waals surface area contributed by atoms with E-state index in [4.69, 9.17) is 9.47 Å². The van der Waals surface area contributed by atoms with Crippen LogP contribution in [0, 0.1) is 0 Å². The molecule has 0 unspecified atom stereocenters. The van der Waals surface area contributed by atoms with Gasteiger partial charge in [0.15, 0.2) is 16.7 Å². The van der Waals surface area contributed by atoms with E-state index < -0.39 is 0 Å². The lowest BCUT2D eigenvalue weighted by Gasteiger charge is -2.26. The van der Waals surface area contributed by atoms with Crippen LogP contribution in [0.1, 0.15) is 6.92 Å². The summed E-state index contributed by atoms with van der Waals surface area (Å²) in [5, 5.41) is 11.4. The minimum atomic E-state index is -0.182. The molecule has 2 heterocycles. The summed E-state index contributed by atoms with van der Waals surface area (Å²) in [6.07, 6.45) is 1.48. The van der Waals surface area contributed by atoms with Gasteiger partial charge in [-0.15, -0.1) is 10.2 Å². The number of ether oxygens (including phenoxy) is 2. The Bertz CT molecular complexity index is 676. The minimum absolute atomic E-state index is 0.0666. The third-order valence-corrected chi connectivity index (χ3v) is 4.33. The number of para-hydroxylation sites is 2. The normalized spacial score (nSPS) is 16.1. The number of aryl methyl sites for hydroxylation is 1. The summed E-state index contributed by atoms with van der Waals surface area (Å²) in [4.78, 5) is 11.9. The molecule has 0 bridgehead atoms. The van der Waals surface area contributed by atoms with Crippen molar-refractivity contribution in [2.24, 2.45) is 0 Å². The van der Waals surface area contributed by atoms with Crippen molar-refractivity contribution in [1.82, 2.24) is 20.1 Å². The maximum Gasteiger partial charge on any atom is 0.230 e. The predicted molar refractivity (Wildman–Crippen MR) is 85.8 cm³/mol. The van der Waals surface area contributed by atoms with Gasteiger partial charge >= 0.3 is 0 Å². The molecule has 7 nitrogen and oxygen atoms in total. The Hall–Kier alpha value is -2.22. The van der Waals surface area contributed by atoms with Crippen molar-refractivity contribution in [3.05, 3.63) is 30.6 Å². The number of benzene rings is 1. The maximum absolute atomic E-state index is 11.9. The molecule has 0 saturated carbocycles. The van der Waals surface area contributed by atoms with E-state index in [-0.39, 0.29) is 12.0 Å². The largest absolute Gasteiger partial charge is 0.486 e. The van der Waals surface area contributed by atoms with E-state index in [1.165, 1.54) is 11.8 Å². The van der Waals surface area contributed by atoms with Crippen LogP contribution >= 0.6 is 11.8 Å². The second kappa shape index (κ2) is 7.36. The van der Waals surface area contributed by atoms with Crippen LogP contribution in [0.2, 0.25) is 0 Å². The van der Waals surface area contributed by atoms with Gasteiger partial charge in [0.05, 0.1) is 12.3 Å². The zero-order valence-electron chi connectivity index (χ0n) is 12.8. The van der Waals surface area contributed by atoms with E-state index in [1.807, 2.05) is 35.8 Å². The van der Waals surface area contributed by atoms with E-state index in [0.717, 1.165) is 17.5 Å². The van der Waals surface area contributed by atoms with Gasteiger partial charge in [-0.05, 0) is 19.1 Å². The zero-order chi connectivity index (χ0) is 16.1. The van der Waals surface area contributed by atoms with Crippen molar-refractivity contribution in [3.63, 3.8) is 0 Å². The van der Waals surface area contributed by atoms with Crippen LogP contribution in [0.5, 0.6) is 11.5 Å². The molecule has 2 aromatic rings. The molecule has 8 heteroatoms. The van der Waals surface area contributed by atoms with Gasteiger partial charge in [0.2, 0.25) is 5.91 Å². The first kappa shape index (κ1) is 15.7. The van der Waals surface area contributed by atoms with Crippen molar-refractivity contribution < 1.29 is 14.3 Å². The fourth-order valence-corrected chi connectivity index (χ4v) is 2.95. The van der Waals surface area contributed by atoms with Crippen molar-refractivity contribution in [2.75, 3.05) is 18.9 Å². The van der Waals surface area contributed by atoms with Crippen molar-refractivity contribution >= 4 is 17.7 Å². The smallest absolute Gasteiger partial charge is 0.230 e. The van der Waals surface area contributed by atoms with Gasteiger partial charge in [-0.2, -0.15) is 0 Å². The molecule has 0 radical (unpaired) electrons. The van der Waals surface area contributed by atoms with Crippen LogP contribution in [-0.2, 0) is 11.3 Å². The molecule has 1 N–H and O–H groups in total. The van der Waals surface area contributed by atoms with Crippen LogP contribution in [0.15, 0.2) is 35.7 Å². The third-order valence-electron chi connectivity index (χ3n) is 3.35. The summed E-state index contributed by atoms with van der Waals surface area (Å²) in [6, 6.07) is 7.52. The quantitative estimate of drug-likeness (QED) is 0.804. The number of nitrogens with zero attached hydrogens (tertiary/aromatic N) is 3. The summed E-state index contributed by atoms with van der Waals surface area (Å²) in [7, 11) is 0. The summed E-state index contributed by atoms with van der Waals surface area (Å²) in [5.74, 6) is 1.68. The maximum atomic E-state index is 11.9. The van der Waals surface area contributed by atoms with Crippen molar-refractivity contribution in [2.45, 2.75) is 24.7 Å². The average molecular weight is 334 g/mol. The number of carbonyl (C=O) groups is 1. The number of fused-ring (bicyclic) bond motifs is 1. The van der Waals surface area contributed by atoms with E-state index >= 15 is 0 Å². The Labute approximate surface area is 138 Å². The van der Waals surface area contributed by atoms with E-state index in [0.29, 0.717) is 24.7 Å². The number of aromatic nitrogens is 3. The Morgan fingerprint density at radius 1 is 1.43 bits per heavy atom. The van der Waals surface area contributed by atoms with Gasteiger partial charge in [0.25, 0.3) is 0 Å². The number of nitrogens with one attached hydrogen (secondary N) is 1. The highest BCUT2D eigenvalue weighted by Gasteiger charge is 2.21. The number of hydrogen-bond donors (Lipinski definition) is 1. The lowest BCUT2D eigenvalue weighted by atomic mass is 10.2. The Balaban J connectivity index is 1.43. The molecular formula is C15H18N4O3S. The highest BCUT2D eigenvalue weighted by atomic mass is 32.2. The first-order valence-electron chi connectivity index (χ1n) is 7.42. The summed E-state index contributed by atoms with van der Waals surface area (Å²) >= 11 is 1.37.